The van der Waals surface area contributed by atoms with E-state index in [1.807, 2.05) is 7.11 Å². The number of ether oxygens (including phenoxy) is 1. The molecule has 0 spiro atoms. The molecule has 1 aliphatic carbocycles. The van der Waals surface area contributed by atoms with Crippen molar-refractivity contribution in [3.63, 3.8) is 0 Å². The van der Waals surface area contributed by atoms with Crippen molar-refractivity contribution in [3.8, 4) is 0 Å². The number of hydrogen-bond donors (Lipinski definition) is 1. The fourth-order valence-corrected chi connectivity index (χ4v) is 2.20. The summed E-state index contributed by atoms with van der Waals surface area (Å²) < 4.78 is 5.51. The molecule has 0 aromatic carbocycles. The SMILES string of the molecule is CCNC(C1CCC1)C(CC)OC. The topological polar surface area (TPSA) is 21.3 Å². The lowest BCUT2D eigenvalue weighted by atomic mass is 9.77. The van der Waals surface area contributed by atoms with Crippen molar-refractivity contribution in [2.45, 2.75) is 51.7 Å². The molecule has 78 valence electrons. The molecule has 13 heavy (non-hydrogen) atoms. The van der Waals surface area contributed by atoms with Gasteiger partial charge < -0.3 is 10.1 Å². The summed E-state index contributed by atoms with van der Waals surface area (Å²) in [4.78, 5) is 0. The fourth-order valence-electron chi connectivity index (χ4n) is 2.20. The smallest absolute Gasteiger partial charge is 0.0724 e. The molecular weight excluding hydrogens is 162 g/mol. The van der Waals surface area contributed by atoms with Gasteiger partial charge in [0, 0.05) is 13.2 Å². The fraction of sp³-hybridized carbons (Fsp3) is 1.00. The Morgan fingerprint density at radius 3 is 2.38 bits per heavy atom. The average Bonchev–Trinajstić information content (AvgIpc) is 2.04. The van der Waals surface area contributed by atoms with Crippen LogP contribution in [0.2, 0.25) is 0 Å². The van der Waals surface area contributed by atoms with Gasteiger partial charge >= 0.3 is 0 Å². The Balaban J connectivity index is 2.43. The number of likely N-dealkylation sites (N-methyl/N-ethyl adjacent to an activating group) is 1. The van der Waals surface area contributed by atoms with Gasteiger partial charge in [-0.2, -0.15) is 0 Å². The summed E-state index contributed by atoms with van der Waals surface area (Å²) in [6.45, 7) is 5.44. The third kappa shape index (κ3) is 2.68. The summed E-state index contributed by atoms with van der Waals surface area (Å²) in [5, 5.41) is 3.56. The number of rotatable bonds is 6. The van der Waals surface area contributed by atoms with E-state index in [0.717, 1.165) is 18.9 Å². The molecule has 0 aliphatic heterocycles. The molecule has 0 aromatic rings. The summed E-state index contributed by atoms with van der Waals surface area (Å²) in [6.07, 6.45) is 5.71. The lowest BCUT2D eigenvalue weighted by Crippen LogP contribution is -2.48. The first-order chi connectivity index (χ1) is 6.33. The van der Waals surface area contributed by atoms with Crippen molar-refractivity contribution < 1.29 is 4.74 Å². The van der Waals surface area contributed by atoms with Crippen molar-refractivity contribution in [1.29, 1.82) is 0 Å². The molecule has 2 unspecified atom stereocenters. The van der Waals surface area contributed by atoms with E-state index in [9.17, 15) is 0 Å². The Kier molecular flexibility index (Phi) is 4.74. The largest absolute Gasteiger partial charge is 0.380 e. The van der Waals surface area contributed by atoms with E-state index < -0.39 is 0 Å². The van der Waals surface area contributed by atoms with Gasteiger partial charge in [-0.1, -0.05) is 20.3 Å². The van der Waals surface area contributed by atoms with Crippen LogP contribution in [-0.2, 0) is 4.74 Å². The number of methoxy groups -OCH3 is 1. The van der Waals surface area contributed by atoms with Crippen LogP contribution in [0, 0.1) is 5.92 Å². The highest BCUT2D eigenvalue weighted by molar-refractivity contribution is 4.87. The van der Waals surface area contributed by atoms with Gasteiger partial charge in [-0.05, 0) is 31.7 Å². The van der Waals surface area contributed by atoms with E-state index >= 15 is 0 Å². The van der Waals surface area contributed by atoms with E-state index in [-0.39, 0.29) is 0 Å². The van der Waals surface area contributed by atoms with Crippen molar-refractivity contribution in [3.05, 3.63) is 0 Å². The molecule has 0 saturated heterocycles. The summed E-state index contributed by atoms with van der Waals surface area (Å²) in [5.41, 5.74) is 0. The van der Waals surface area contributed by atoms with E-state index in [1.165, 1.54) is 19.3 Å². The summed E-state index contributed by atoms with van der Waals surface area (Å²) >= 11 is 0. The van der Waals surface area contributed by atoms with Gasteiger partial charge in [0.25, 0.3) is 0 Å². The molecule has 2 atom stereocenters. The van der Waals surface area contributed by atoms with Gasteiger partial charge in [0.2, 0.25) is 0 Å². The predicted molar refractivity (Wildman–Crippen MR) is 55.9 cm³/mol. The van der Waals surface area contributed by atoms with Crippen LogP contribution in [0.4, 0.5) is 0 Å². The van der Waals surface area contributed by atoms with Crippen molar-refractivity contribution >= 4 is 0 Å². The Morgan fingerprint density at radius 1 is 1.38 bits per heavy atom. The third-order valence-electron chi connectivity index (χ3n) is 3.20. The molecule has 0 amide bonds. The lowest BCUT2D eigenvalue weighted by molar-refractivity contribution is 0.0282. The second-order valence-corrected chi connectivity index (χ2v) is 3.96. The standard InChI is InChI=1S/C11H23NO/c1-4-10(13-3)11(12-5-2)9-7-6-8-9/h9-12H,4-8H2,1-3H3. The maximum atomic E-state index is 5.51. The third-order valence-corrected chi connectivity index (χ3v) is 3.20. The van der Waals surface area contributed by atoms with E-state index in [0.29, 0.717) is 12.1 Å². The van der Waals surface area contributed by atoms with Crippen LogP contribution in [0.5, 0.6) is 0 Å². The van der Waals surface area contributed by atoms with E-state index in [4.69, 9.17) is 4.74 Å². The summed E-state index contributed by atoms with van der Waals surface area (Å²) in [5.74, 6) is 0.866. The molecule has 0 aromatic heterocycles. The minimum Gasteiger partial charge on any atom is -0.380 e. The van der Waals surface area contributed by atoms with Crippen LogP contribution in [0.3, 0.4) is 0 Å². The second-order valence-electron chi connectivity index (χ2n) is 3.96. The van der Waals surface area contributed by atoms with E-state index in [2.05, 4.69) is 19.2 Å². The zero-order chi connectivity index (χ0) is 9.68. The first-order valence-electron chi connectivity index (χ1n) is 5.59. The Labute approximate surface area is 82.0 Å². The average molecular weight is 185 g/mol. The quantitative estimate of drug-likeness (QED) is 0.685. The molecule has 0 radical (unpaired) electrons. The van der Waals surface area contributed by atoms with Gasteiger partial charge in [-0.25, -0.2) is 0 Å². The van der Waals surface area contributed by atoms with Crippen LogP contribution >= 0.6 is 0 Å². The maximum Gasteiger partial charge on any atom is 0.0724 e. The molecule has 1 fully saturated rings. The number of nitrogens with one attached hydrogen (secondary N) is 1. The normalized spacial score (nSPS) is 22.4. The lowest BCUT2D eigenvalue weighted by Gasteiger charge is -2.38. The molecule has 1 N–H and O–H groups in total. The van der Waals surface area contributed by atoms with Crippen LogP contribution in [0.25, 0.3) is 0 Å². The van der Waals surface area contributed by atoms with Crippen LogP contribution in [-0.4, -0.2) is 25.8 Å². The Bertz CT molecular complexity index is 130. The van der Waals surface area contributed by atoms with Crippen LogP contribution in [0.15, 0.2) is 0 Å². The Hall–Kier alpha value is -0.0800. The van der Waals surface area contributed by atoms with Crippen LogP contribution < -0.4 is 5.32 Å². The highest BCUT2D eigenvalue weighted by atomic mass is 16.5. The first-order valence-corrected chi connectivity index (χ1v) is 5.59. The minimum absolute atomic E-state index is 0.408. The van der Waals surface area contributed by atoms with Crippen LogP contribution in [0.1, 0.15) is 39.5 Å². The molecule has 0 bridgehead atoms. The van der Waals surface area contributed by atoms with Gasteiger partial charge in [0.1, 0.15) is 0 Å². The highest BCUT2D eigenvalue weighted by Gasteiger charge is 2.31. The number of hydrogen-bond acceptors (Lipinski definition) is 2. The highest BCUT2D eigenvalue weighted by Crippen LogP contribution is 2.32. The zero-order valence-corrected chi connectivity index (χ0v) is 9.18. The maximum absolute atomic E-state index is 5.51. The van der Waals surface area contributed by atoms with Gasteiger partial charge in [-0.15, -0.1) is 0 Å². The molecule has 2 nitrogen and oxygen atoms in total. The summed E-state index contributed by atoms with van der Waals surface area (Å²) in [6, 6.07) is 0.591. The van der Waals surface area contributed by atoms with Crippen molar-refractivity contribution in [2.75, 3.05) is 13.7 Å². The first kappa shape index (κ1) is 11.0. The predicted octanol–water partition coefficient (Wildman–Crippen LogP) is 2.19. The van der Waals surface area contributed by atoms with Crippen molar-refractivity contribution in [1.82, 2.24) is 5.32 Å². The Morgan fingerprint density at radius 2 is 2.08 bits per heavy atom. The van der Waals surface area contributed by atoms with Gasteiger partial charge in [0.05, 0.1) is 6.10 Å². The molecule has 0 heterocycles. The van der Waals surface area contributed by atoms with Crippen molar-refractivity contribution in [2.24, 2.45) is 5.92 Å². The molecule has 1 aliphatic rings. The molecule has 1 saturated carbocycles. The molecular formula is C11H23NO. The van der Waals surface area contributed by atoms with Gasteiger partial charge in [0.15, 0.2) is 0 Å². The summed E-state index contributed by atoms with van der Waals surface area (Å²) in [7, 11) is 1.83. The van der Waals surface area contributed by atoms with Gasteiger partial charge in [-0.3, -0.25) is 0 Å². The minimum atomic E-state index is 0.408. The zero-order valence-electron chi connectivity index (χ0n) is 9.18. The monoisotopic (exact) mass is 185 g/mol. The van der Waals surface area contributed by atoms with E-state index in [1.54, 1.807) is 0 Å². The molecule has 2 heteroatoms. The second kappa shape index (κ2) is 5.61. The molecule has 1 rings (SSSR count).